The molecule has 0 aromatic heterocycles. The number of nitrogens with two attached hydrogens (primary N) is 1. The second-order valence-electron chi connectivity index (χ2n) is 3.70. The smallest absolute Gasteiger partial charge is 0.217 e. The van der Waals surface area contributed by atoms with E-state index in [1.165, 1.54) is 0 Å². The molecular weight excluding hydrogens is 178 g/mol. The van der Waals surface area contributed by atoms with Crippen LogP contribution in [0.25, 0.3) is 0 Å². The normalized spacial score (nSPS) is 26.1. The number of carbonyl (C=O) groups is 2. The number of carbonyl (C=O) groups excluding carboxylic acids is 2. The average Bonchev–Trinajstić information content (AvgIpc) is 2.18. The average molecular weight is 193 g/mol. The number of primary amides is 1. The maximum absolute atomic E-state index is 11.0. The van der Waals surface area contributed by atoms with Crippen molar-refractivity contribution in [2.45, 2.75) is 25.7 Å². The minimum Gasteiger partial charge on any atom is -0.370 e. The highest BCUT2D eigenvalue weighted by molar-refractivity contribution is 5.90. The van der Waals surface area contributed by atoms with Gasteiger partial charge in [-0.25, -0.2) is 0 Å². The summed E-state index contributed by atoms with van der Waals surface area (Å²) in [4.78, 5) is 21.7. The van der Waals surface area contributed by atoms with Crippen LogP contribution < -0.4 is 5.73 Å². The summed E-state index contributed by atoms with van der Waals surface area (Å²) in [6, 6.07) is 0. The van der Waals surface area contributed by atoms with Crippen LogP contribution in [0.2, 0.25) is 0 Å². The van der Waals surface area contributed by atoms with E-state index in [0.29, 0.717) is 19.3 Å². The van der Waals surface area contributed by atoms with E-state index < -0.39 is 0 Å². The van der Waals surface area contributed by atoms with Crippen LogP contribution in [0.3, 0.4) is 0 Å². The Bertz CT molecular complexity index is 294. The second-order valence-corrected chi connectivity index (χ2v) is 3.70. The van der Waals surface area contributed by atoms with Crippen LogP contribution in [0.1, 0.15) is 25.7 Å². The van der Waals surface area contributed by atoms with Crippen molar-refractivity contribution in [1.29, 1.82) is 0 Å². The van der Waals surface area contributed by atoms with Crippen LogP contribution in [0.15, 0.2) is 24.8 Å². The molecule has 0 saturated carbocycles. The molecule has 0 aromatic rings. The van der Waals surface area contributed by atoms with Gasteiger partial charge in [-0.2, -0.15) is 0 Å². The number of hydrogen-bond acceptors (Lipinski definition) is 2. The Labute approximate surface area is 83.7 Å². The Balaban J connectivity index is 2.67. The Morgan fingerprint density at radius 2 is 2.43 bits per heavy atom. The van der Waals surface area contributed by atoms with Gasteiger partial charge in [0.15, 0.2) is 5.78 Å². The topological polar surface area (TPSA) is 60.2 Å². The van der Waals surface area contributed by atoms with Crippen molar-refractivity contribution < 1.29 is 9.59 Å². The standard InChI is InChI=1S/C11H15NO2/c1-2-11(8-5-10(12)14)6-3-9(13)4-7-11/h2-3,6H,1,4-5,7-8H2,(H2,12,14)/t11-/m0/s1. The number of rotatable bonds is 4. The van der Waals surface area contributed by atoms with Gasteiger partial charge in [-0.3, -0.25) is 9.59 Å². The van der Waals surface area contributed by atoms with Crippen molar-refractivity contribution in [3.8, 4) is 0 Å². The lowest BCUT2D eigenvalue weighted by molar-refractivity contribution is -0.118. The zero-order valence-electron chi connectivity index (χ0n) is 8.16. The maximum atomic E-state index is 11.0. The van der Waals surface area contributed by atoms with Crippen molar-refractivity contribution in [2.75, 3.05) is 0 Å². The predicted octanol–water partition coefficient (Wildman–Crippen LogP) is 1.34. The molecule has 2 N–H and O–H groups in total. The van der Waals surface area contributed by atoms with E-state index in [1.807, 2.05) is 6.08 Å². The molecule has 1 atom stereocenters. The first kappa shape index (κ1) is 10.7. The van der Waals surface area contributed by atoms with Gasteiger partial charge in [0.25, 0.3) is 0 Å². The third-order valence-electron chi connectivity index (χ3n) is 2.68. The molecule has 3 heteroatoms. The van der Waals surface area contributed by atoms with Crippen molar-refractivity contribution in [3.63, 3.8) is 0 Å². The molecule has 0 heterocycles. The highest BCUT2D eigenvalue weighted by Gasteiger charge is 2.27. The first-order valence-corrected chi connectivity index (χ1v) is 4.72. The molecule has 1 amide bonds. The molecule has 0 spiro atoms. The van der Waals surface area contributed by atoms with Gasteiger partial charge in [0, 0.05) is 18.3 Å². The molecule has 3 nitrogen and oxygen atoms in total. The molecule has 0 saturated heterocycles. The Hall–Kier alpha value is -1.38. The van der Waals surface area contributed by atoms with Crippen molar-refractivity contribution in [2.24, 2.45) is 11.1 Å². The quantitative estimate of drug-likeness (QED) is 0.685. The second kappa shape index (κ2) is 4.22. The Morgan fingerprint density at radius 1 is 1.71 bits per heavy atom. The summed E-state index contributed by atoms with van der Waals surface area (Å²) in [6.07, 6.45) is 7.47. The number of ketones is 1. The lowest BCUT2D eigenvalue weighted by Gasteiger charge is -2.28. The van der Waals surface area contributed by atoms with E-state index in [-0.39, 0.29) is 17.1 Å². The van der Waals surface area contributed by atoms with Crippen LogP contribution in [0.5, 0.6) is 0 Å². The summed E-state index contributed by atoms with van der Waals surface area (Å²) < 4.78 is 0. The highest BCUT2D eigenvalue weighted by Crippen LogP contribution is 2.35. The predicted molar refractivity (Wildman–Crippen MR) is 54.4 cm³/mol. The fourth-order valence-electron chi connectivity index (χ4n) is 1.62. The fourth-order valence-corrected chi connectivity index (χ4v) is 1.62. The first-order valence-electron chi connectivity index (χ1n) is 4.72. The fraction of sp³-hybridized carbons (Fsp3) is 0.455. The summed E-state index contributed by atoms with van der Waals surface area (Å²) >= 11 is 0. The largest absolute Gasteiger partial charge is 0.370 e. The van der Waals surface area contributed by atoms with Crippen molar-refractivity contribution >= 4 is 11.7 Å². The summed E-state index contributed by atoms with van der Waals surface area (Å²) in [5, 5.41) is 0. The van der Waals surface area contributed by atoms with Gasteiger partial charge in [-0.05, 0) is 18.9 Å². The molecule has 0 fully saturated rings. The van der Waals surface area contributed by atoms with E-state index >= 15 is 0 Å². The minimum absolute atomic E-state index is 0.140. The summed E-state index contributed by atoms with van der Waals surface area (Å²) in [6.45, 7) is 3.74. The zero-order valence-corrected chi connectivity index (χ0v) is 8.16. The molecule has 1 aliphatic carbocycles. The first-order chi connectivity index (χ1) is 6.58. The van der Waals surface area contributed by atoms with Gasteiger partial charge in [-0.15, -0.1) is 6.58 Å². The van der Waals surface area contributed by atoms with E-state index in [0.717, 1.165) is 6.42 Å². The molecule has 76 valence electrons. The molecule has 0 aliphatic heterocycles. The van der Waals surface area contributed by atoms with Gasteiger partial charge in [-0.1, -0.05) is 12.2 Å². The van der Waals surface area contributed by atoms with Gasteiger partial charge in [0.05, 0.1) is 0 Å². The number of amides is 1. The van der Waals surface area contributed by atoms with E-state index in [4.69, 9.17) is 5.73 Å². The van der Waals surface area contributed by atoms with Crippen molar-refractivity contribution in [3.05, 3.63) is 24.8 Å². The van der Waals surface area contributed by atoms with Crippen LogP contribution in [-0.4, -0.2) is 11.7 Å². The monoisotopic (exact) mass is 193 g/mol. The Kier molecular flexibility index (Phi) is 3.23. The molecular formula is C11H15NO2. The van der Waals surface area contributed by atoms with E-state index in [1.54, 1.807) is 12.2 Å². The van der Waals surface area contributed by atoms with Gasteiger partial charge >= 0.3 is 0 Å². The number of hydrogen-bond donors (Lipinski definition) is 1. The number of allylic oxidation sites excluding steroid dienone is 3. The third kappa shape index (κ3) is 2.55. The lowest BCUT2D eigenvalue weighted by atomic mass is 9.75. The van der Waals surface area contributed by atoms with Crippen molar-refractivity contribution in [1.82, 2.24) is 0 Å². The van der Waals surface area contributed by atoms with Gasteiger partial charge in [0.2, 0.25) is 5.91 Å². The lowest BCUT2D eigenvalue weighted by Crippen LogP contribution is -2.23. The molecule has 1 aliphatic rings. The molecule has 0 unspecified atom stereocenters. The van der Waals surface area contributed by atoms with Gasteiger partial charge in [0.1, 0.15) is 0 Å². The third-order valence-corrected chi connectivity index (χ3v) is 2.68. The molecule has 0 radical (unpaired) electrons. The maximum Gasteiger partial charge on any atom is 0.217 e. The van der Waals surface area contributed by atoms with Crippen LogP contribution >= 0.6 is 0 Å². The molecule has 14 heavy (non-hydrogen) atoms. The molecule has 0 aromatic carbocycles. The Morgan fingerprint density at radius 3 is 2.86 bits per heavy atom. The zero-order chi connectivity index (χ0) is 10.6. The van der Waals surface area contributed by atoms with Crippen LogP contribution in [0.4, 0.5) is 0 Å². The van der Waals surface area contributed by atoms with E-state index in [9.17, 15) is 9.59 Å². The van der Waals surface area contributed by atoms with Crippen LogP contribution in [0, 0.1) is 5.41 Å². The molecule has 1 rings (SSSR count). The SMILES string of the molecule is C=C[C@]1(CCC(N)=O)C=CC(=O)CC1. The highest BCUT2D eigenvalue weighted by atomic mass is 16.1. The minimum atomic E-state index is -0.309. The summed E-state index contributed by atoms with van der Waals surface area (Å²) in [5.74, 6) is -0.168. The summed E-state index contributed by atoms with van der Waals surface area (Å²) in [7, 11) is 0. The van der Waals surface area contributed by atoms with Crippen LogP contribution in [-0.2, 0) is 9.59 Å². The summed E-state index contributed by atoms with van der Waals surface area (Å²) in [5.41, 5.74) is 4.88. The van der Waals surface area contributed by atoms with E-state index in [2.05, 4.69) is 6.58 Å². The molecule has 0 bridgehead atoms. The van der Waals surface area contributed by atoms with Gasteiger partial charge < -0.3 is 5.73 Å².